The highest BCUT2D eigenvalue weighted by atomic mass is 16.5. The van der Waals surface area contributed by atoms with Crippen LogP contribution in [0.5, 0.6) is 0 Å². The lowest BCUT2D eigenvalue weighted by molar-refractivity contribution is -0.142. The van der Waals surface area contributed by atoms with Crippen LogP contribution in [0.15, 0.2) is 24.3 Å². The lowest BCUT2D eigenvalue weighted by Gasteiger charge is -2.28. The molecule has 1 aromatic rings. The average Bonchev–Trinajstić information content (AvgIpc) is 3.59. The van der Waals surface area contributed by atoms with Crippen molar-refractivity contribution in [1.29, 1.82) is 0 Å². The third-order valence-corrected chi connectivity index (χ3v) is 13.9. The third-order valence-electron chi connectivity index (χ3n) is 13.9. The molecule has 0 heterocycles. The average molecular weight is 1250 g/mol. The van der Waals surface area contributed by atoms with Gasteiger partial charge in [0.15, 0.2) is 0 Å². The molecule has 0 unspecified atom stereocenters. The number of nitrogens with zero attached hydrogens (tertiary/aromatic N) is 6. The Kier molecular flexibility index (Phi) is 43.0. The van der Waals surface area contributed by atoms with Crippen LogP contribution in [0.3, 0.4) is 0 Å². The van der Waals surface area contributed by atoms with Crippen molar-refractivity contribution in [3.63, 3.8) is 0 Å². The van der Waals surface area contributed by atoms with Gasteiger partial charge in [-0.1, -0.05) is 0 Å². The molecule has 30 heteroatoms. The Morgan fingerprint density at radius 3 is 0.557 bits per heavy atom. The Bertz CT molecular complexity index is 1930. The summed E-state index contributed by atoms with van der Waals surface area (Å²) in [5.74, 6) is -4.65. The zero-order valence-corrected chi connectivity index (χ0v) is 52.8. The fraction of sp³-hybridized carbons (Fsp3) is 0.690. The van der Waals surface area contributed by atoms with E-state index >= 15 is 0 Å². The second-order valence-corrected chi connectivity index (χ2v) is 19.9. The number of hydrogen-bond acceptors (Lipinski definition) is 26. The van der Waals surface area contributed by atoms with Crippen molar-refractivity contribution in [2.24, 2.45) is 0 Å². The number of anilines is 2. The van der Waals surface area contributed by atoms with Gasteiger partial charge in [-0.05, 0) is 24.3 Å². The fourth-order valence-electron chi connectivity index (χ4n) is 8.48. The van der Waals surface area contributed by atoms with Crippen LogP contribution in [0.2, 0.25) is 0 Å². The predicted molar refractivity (Wildman–Crippen MR) is 320 cm³/mol. The van der Waals surface area contributed by atoms with Gasteiger partial charge in [0, 0.05) is 168 Å². The van der Waals surface area contributed by atoms with E-state index in [1.165, 1.54) is 56.9 Å². The first-order valence-electron chi connectivity index (χ1n) is 29.3. The molecule has 1 rings (SSSR count). The fourth-order valence-corrected chi connectivity index (χ4v) is 8.48. The summed E-state index contributed by atoms with van der Waals surface area (Å²) in [6.45, 7) is 4.95. The van der Waals surface area contributed by atoms with Crippen LogP contribution in [-0.2, 0) is 95.4 Å². The number of esters is 8. The lowest BCUT2D eigenvalue weighted by atomic mass is 10.2. The number of amides is 4. The quantitative estimate of drug-likeness (QED) is 0.0451. The molecule has 0 aliphatic heterocycles. The SMILES string of the molecule is COC(=O)CCN(CCNC(=O)CCN(CCC(=O)NCCN(CCC(=O)OC)CCC(=O)OC)c1ccc(N(CCC(=O)NCCN(CCC(=O)OC)CCC(=O)OC)CCC(=O)NCCN(CCC(=O)OC)CCC(=O)OC)cc1)CCC(=O)OC. The second-order valence-electron chi connectivity index (χ2n) is 19.9. The summed E-state index contributed by atoms with van der Waals surface area (Å²) in [5, 5.41) is 11.6. The molecule has 30 nitrogen and oxygen atoms in total. The lowest BCUT2D eigenvalue weighted by Crippen LogP contribution is -2.40. The number of benzene rings is 1. The van der Waals surface area contributed by atoms with Gasteiger partial charge in [-0.15, -0.1) is 0 Å². The summed E-state index contributed by atoms with van der Waals surface area (Å²) >= 11 is 0. The van der Waals surface area contributed by atoms with Gasteiger partial charge in [-0.2, -0.15) is 0 Å². The highest BCUT2D eigenvalue weighted by Gasteiger charge is 2.20. The maximum absolute atomic E-state index is 13.4. The van der Waals surface area contributed by atoms with E-state index < -0.39 is 47.8 Å². The molecule has 0 radical (unpaired) electrons. The minimum absolute atomic E-state index is 0.00201. The molecule has 0 aliphatic rings. The molecular formula is C58H96N10O20. The molecule has 4 amide bonds. The van der Waals surface area contributed by atoms with Crippen molar-refractivity contribution < 1.29 is 95.4 Å². The molecule has 0 saturated heterocycles. The number of nitrogens with one attached hydrogen (secondary N) is 4. The Morgan fingerprint density at radius 2 is 0.409 bits per heavy atom. The van der Waals surface area contributed by atoms with Gasteiger partial charge in [0.05, 0.1) is 108 Å². The van der Waals surface area contributed by atoms with Crippen LogP contribution in [-0.4, -0.2) is 279 Å². The molecule has 0 saturated carbocycles. The third kappa shape index (κ3) is 38.5. The summed E-state index contributed by atoms with van der Waals surface area (Å²) in [5.41, 5.74) is 1.28. The number of methoxy groups -OCH3 is 8. The minimum Gasteiger partial charge on any atom is -0.469 e. The minimum atomic E-state index is -0.428. The smallest absolute Gasteiger partial charge is 0.306 e. The van der Waals surface area contributed by atoms with Gasteiger partial charge in [0.1, 0.15) is 0 Å². The standard InChI is InChI=1S/C58H96N10O20/c1-81-51(73)17-29-63(30-18-52(74)82-2)41-25-59-47(69)13-37-67(38-14-48(70)60-26-42-64(31-19-53(75)83-3)32-20-54(76)84-4)45-9-11-46(12-10-45)68(39-15-49(71)61-27-43-65(33-21-55(77)85-5)34-22-56(78)86-6)40-16-50(72)62-28-44-66(35-23-57(79)87-7)36-24-58(80)88-8/h9-12H,13-44H2,1-8H3,(H,59,69)(H,60,70)(H,61,71)(H,62,72). The molecule has 0 bridgehead atoms. The van der Waals surface area contributed by atoms with Crippen LogP contribution >= 0.6 is 0 Å². The molecule has 1 aromatic carbocycles. The van der Waals surface area contributed by atoms with E-state index in [1.54, 1.807) is 24.3 Å². The highest BCUT2D eigenvalue weighted by molar-refractivity contribution is 5.79. The number of hydrogen-bond donors (Lipinski definition) is 4. The normalized spacial score (nSPS) is 10.9. The van der Waals surface area contributed by atoms with Crippen molar-refractivity contribution in [3.8, 4) is 0 Å². The zero-order chi connectivity index (χ0) is 65.5. The van der Waals surface area contributed by atoms with Gasteiger partial charge >= 0.3 is 47.8 Å². The van der Waals surface area contributed by atoms with Crippen LogP contribution in [0.25, 0.3) is 0 Å². The Morgan fingerprint density at radius 1 is 0.250 bits per heavy atom. The molecule has 88 heavy (non-hydrogen) atoms. The van der Waals surface area contributed by atoms with Crippen LogP contribution < -0.4 is 31.1 Å². The van der Waals surface area contributed by atoms with E-state index in [4.69, 9.17) is 37.9 Å². The Balaban J connectivity index is 3.46. The van der Waals surface area contributed by atoms with E-state index in [0.29, 0.717) is 37.6 Å². The maximum atomic E-state index is 13.4. The van der Waals surface area contributed by atoms with E-state index in [1.807, 2.05) is 29.4 Å². The van der Waals surface area contributed by atoms with Gasteiger partial charge in [-0.3, -0.25) is 57.5 Å². The number of ether oxygens (including phenoxy) is 8. The maximum Gasteiger partial charge on any atom is 0.306 e. The topological polar surface area (TPSA) is 346 Å². The largest absolute Gasteiger partial charge is 0.469 e. The summed E-state index contributed by atoms with van der Waals surface area (Å²) in [6, 6.07) is 7.20. The summed E-state index contributed by atoms with van der Waals surface area (Å²) in [4.78, 5) is 160. The van der Waals surface area contributed by atoms with E-state index in [2.05, 4.69) is 21.3 Å². The molecule has 0 aromatic heterocycles. The molecule has 0 fully saturated rings. The summed E-state index contributed by atoms with van der Waals surface area (Å²) in [7, 11) is 10.2. The van der Waals surface area contributed by atoms with Gasteiger partial charge in [0.2, 0.25) is 23.6 Å². The van der Waals surface area contributed by atoms with Crippen molar-refractivity contribution in [2.45, 2.75) is 77.0 Å². The van der Waals surface area contributed by atoms with Gasteiger partial charge < -0.3 is 88.6 Å². The molecule has 0 spiro atoms. The molecule has 4 N–H and O–H groups in total. The molecular weight excluding hydrogens is 1160 g/mol. The zero-order valence-electron chi connectivity index (χ0n) is 52.8. The second kappa shape index (κ2) is 48.3. The van der Waals surface area contributed by atoms with Crippen LogP contribution in [0.1, 0.15) is 77.0 Å². The van der Waals surface area contributed by atoms with E-state index in [9.17, 15) is 57.5 Å². The number of carbonyl (C=O) groups is 12. The number of rotatable bonds is 50. The van der Waals surface area contributed by atoms with Crippen molar-refractivity contribution in [2.75, 3.05) is 198 Å². The first-order chi connectivity index (χ1) is 42.2. The Hall–Kier alpha value is -7.70. The summed E-state index contributed by atoms with van der Waals surface area (Å²) in [6.07, 6.45) is 0.593. The predicted octanol–water partition coefficient (Wildman–Crippen LogP) is -0.963. The van der Waals surface area contributed by atoms with Crippen molar-refractivity contribution in [3.05, 3.63) is 24.3 Å². The highest BCUT2D eigenvalue weighted by Crippen LogP contribution is 2.22. The van der Waals surface area contributed by atoms with Crippen LogP contribution in [0.4, 0.5) is 11.4 Å². The summed E-state index contributed by atoms with van der Waals surface area (Å²) < 4.78 is 38.2. The van der Waals surface area contributed by atoms with E-state index in [-0.39, 0.29) is 205 Å². The number of carbonyl (C=O) groups excluding carboxylic acids is 12. The first kappa shape index (κ1) is 78.3. The van der Waals surface area contributed by atoms with Crippen LogP contribution in [0, 0.1) is 0 Å². The monoisotopic (exact) mass is 1250 g/mol. The Labute approximate surface area is 516 Å². The molecule has 498 valence electrons. The first-order valence-corrected chi connectivity index (χ1v) is 29.3. The van der Waals surface area contributed by atoms with Crippen molar-refractivity contribution >= 4 is 82.8 Å². The van der Waals surface area contributed by atoms with Gasteiger partial charge in [0.25, 0.3) is 0 Å². The van der Waals surface area contributed by atoms with Crippen molar-refractivity contribution in [1.82, 2.24) is 40.9 Å². The van der Waals surface area contributed by atoms with Gasteiger partial charge in [-0.25, -0.2) is 0 Å². The van der Waals surface area contributed by atoms with E-state index in [0.717, 1.165) is 0 Å². The molecule has 0 atom stereocenters. The molecule has 0 aliphatic carbocycles.